The van der Waals surface area contributed by atoms with E-state index in [1.54, 1.807) is 0 Å². The highest BCUT2D eigenvalue weighted by atomic mass is 79.9. The van der Waals surface area contributed by atoms with Gasteiger partial charge in [0.2, 0.25) is 0 Å². The Bertz CT molecular complexity index is 484. The molecule has 0 saturated heterocycles. The third kappa shape index (κ3) is 2.26. The van der Waals surface area contributed by atoms with Crippen LogP contribution >= 0.6 is 43.5 Å². The lowest BCUT2D eigenvalue weighted by atomic mass is 9.50. The molecule has 0 amide bonds. The first kappa shape index (κ1) is 16.7. The number of halogens is 3. The van der Waals surface area contributed by atoms with Crippen molar-refractivity contribution in [2.24, 2.45) is 10.8 Å². The fraction of sp³-hybridized carbons (Fsp3) is 0.733. The second kappa shape index (κ2) is 5.20. The molecule has 2 nitrogen and oxygen atoms in total. The molecule has 0 aromatic heterocycles. The van der Waals surface area contributed by atoms with E-state index in [-0.39, 0.29) is 31.1 Å². The summed E-state index contributed by atoms with van der Waals surface area (Å²) in [5.41, 5.74) is -0.0701. The van der Waals surface area contributed by atoms with E-state index in [4.69, 9.17) is 11.6 Å². The van der Waals surface area contributed by atoms with Gasteiger partial charge in [-0.3, -0.25) is 9.59 Å². The zero-order valence-electron chi connectivity index (χ0n) is 11.9. The molecular formula is C15H19Br2ClO2. The van der Waals surface area contributed by atoms with E-state index in [9.17, 15) is 9.59 Å². The monoisotopic (exact) mass is 424 g/mol. The number of rotatable bonds is 1. The fourth-order valence-electron chi connectivity index (χ4n) is 3.56. The topological polar surface area (TPSA) is 34.1 Å². The van der Waals surface area contributed by atoms with E-state index in [2.05, 4.69) is 52.6 Å². The van der Waals surface area contributed by atoms with Gasteiger partial charge in [-0.15, -0.1) is 11.6 Å². The molecular weight excluding hydrogens is 407 g/mol. The van der Waals surface area contributed by atoms with Gasteiger partial charge < -0.3 is 0 Å². The highest BCUT2D eigenvalue weighted by molar-refractivity contribution is 9.10. The van der Waals surface area contributed by atoms with E-state index in [0.29, 0.717) is 12.0 Å². The van der Waals surface area contributed by atoms with Gasteiger partial charge in [0, 0.05) is 20.7 Å². The smallest absolute Gasteiger partial charge is 0.170 e. The molecule has 1 fully saturated rings. The van der Waals surface area contributed by atoms with Crippen LogP contribution in [0.2, 0.25) is 0 Å². The number of aldehydes is 1. The highest BCUT2D eigenvalue weighted by Crippen LogP contribution is 2.62. The van der Waals surface area contributed by atoms with E-state index in [1.807, 2.05) is 0 Å². The molecule has 0 radical (unpaired) electrons. The van der Waals surface area contributed by atoms with Crippen LogP contribution in [0.15, 0.2) is 11.6 Å². The lowest BCUT2D eigenvalue weighted by Crippen LogP contribution is -2.56. The first-order chi connectivity index (χ1) is 9.08. The molecule has 0 N–H and O–H groups in total. The van der Waals surface area contributed by atoms with E-state index in [0.717, 1.165) is 19.1 Å². The summed E-state index contributed by atoms with van der Waals surface area (Å²) in [6.45, 7) is 6.21. The molecule has 0 bridgehead atoms. The third-order valence-corrected chi connectivity index (χ3v) is 8.76. The van der Waals surface area contributed by atoms with Crippen LogP contribution in [0, 0.1) is 10.8 Å². The Kier molecular flexibility index (Phi) is 4.34. The zero-order valence-corrected chi connectivity index (χ0v) is 15.8. The molecule has 1 spiro atoms. The minimum absolute atomic E-state index is 0.0268. The molecule has 4 atom stereocenters. The average molecular weight is 427 g/mol. The van der Waals surface area contributed by atoms with Crippen LogP contribution in [0.1, 0.15) is 40.0 Å². The lowest BCUT2D eigenvalue weighted by molar-refractivity contribution is -0.121. The maximum absolute atomic E-state index is 12.1. The van der Waals surface area contributed by atoms with Crippen LogP contribution in [-0.2, 0) is 9.59 Å². The number of alkyl halides is 3. The molecule has 0 heterocycles. The van der Waals surface area contributed by atoms with E-state index in [1.165, 1.54) is 6.08 Å². The first-order valence-electron chi connectivity index (χ1n) is 6.77. The van der Waals surface area contributed by atoms with Crippen molar-refractivity contribution in [1.82, 2.24) is 0 Å². The molecule has 5 heteroatoms. The van der Waals surface area contributed by atoms with Gasteiger partial charge in [-0.05, 0) is 37.7 Å². The summed E-state index contributed by atoms with van der Waals surface area (Å²) < 4.78 is -0.118. The third-order valence-electron chi connectivity index (χ3n) is 5.32. The predicted molar refractivity (Wildman–Crippen MR) is 88.9 cm³/mol. The molecule has 0 aliphatic heterocycles. The normalized spacial score (nSPS) is 44.3. The molecule has 2 rings (SSSR count). The molecule has 20 heavy (non-hydrogen) atoms. The van der Waals surface area contributed by atoms with Crippen molar-refractivity contribution in [2.75, 3.05) is 0 Å². The van der Waals surface area contributed by atoms with Crippen molar-refractivity contribution < 1.29 is 9.59 Å². The van der Waals surface area contributed by atoms with Crippen molar-refractivity contribution >= 4 is 55.5 Å². The number of ketones is 1. The van der Waals surface area contributed by atoms with E-state index < -0.39 is 0 Å². The minimum Gasteiger partial charge on any atom is -0.298 e. The van der Waals surface area contributed by atoms with E-state index >= 15 is 0 Å². The summed E-state index contributed by atoms with van der Waals surface area (Å²) in [4.78, 5) is 23.4. The Morgan fingerprint density at radius 2 is 1.95 bits per heavy atom. The van der Waals surface area contributed by atoms with Gasteiger partial charge in [0.15, 0.2) is 5.78 Å². The lowest BCUT2D eigenvalue weighted by Gasteiger charge is -2.56. The van der Waals surface area contributed by atoms with Crippen LogP contribution in [0.3, 0.4) is 0 Å². The van der Waals surface area contributed by atoms with Crippen LogP contribution < -0.4 is 0 Å². The molecule has 1 saturated carbocycles. The average Bonchev–Trinajstić information content (AvgIpc) is 2.36. The van der Waals surface area contributed by atoms with Crippen molar-refractivity contribution in [2.45, 2.75) is 54.6 Å². The molecule has 0 aromatic rings. The number of allylic oxidation sites excluding steroid dienone is 2. The van der Waals surface area contributed by atoms with Crippen molar-refractivity contribution in [1.29, 1.82) is 0 Å². The number of hydrogen-bond donors (Lipinski definition) is 0. The highest BCUT2D eigenvalue weighted by Gasteiger charge is 2.59. The molecule has 2 aliphatic carbocycles. The van der Waals surface area contributed by atoms with Gasteiger partial charge >= 0.3 is 0 Å². The summed E-state index contributed by atoms with van der Waals surface area (Å²) in [5.74, 6) is -0.0268. The van der Waals surface area contributed by atoms with Gasteiger partial charge in [0.05, 0.1) is 4.83 Å². The molecule has 0 unspecified atom stereocenters. The van der Waals surface area contributed by atoms with Crippen LogP contribution in [-0.4, -0.2) is 26.6 Å². The Morgan fingerprint density at radius 3 is 2.45 bits per heavy atom. The Labute approximate surface area is 142 Å². The number of carbonyl (C=O) groups is 2. The second-order valence-corrected chi connectivity index (χ2v) is 9.99. The summed E-state index contributed by atoms with van der Waals surface area (Å²) >= 11 is 13.8. The van der Waals surface area contributed by atoms with Gasteiger partial charge in [-0.25, -0.2) is 0 Å². The summed E-state index contributed by atoms with van der Waals surface area (Å²) in [5, 5.41) is -0.0771. The SMILES string of the molecule is CC1(C)[C@H](Br)C(=O)C=C(C=O)[C@@]12CC[C@](C)(Br)[C@@H](Cl)C2. The molecule has 0 aromatic carbocycles. The van der Waals surface area contributed by atoms with Crippen molar-refractivity contribution in [3.05, 3.63) is 11.6 Å². The maximum Gasteiger partial charge on any atom is 0.170 e. The van der Waals surface area contributed by atoms with Gasteiger partial charge in [0.1, 0.15) is 6.29 Å². The minimum atomic E-state index is -0.342. The second-order valence-electron chi connectivity index (χ2n) is 6.74. The van der Waals surface area contributed by atoms with Gasteiger partial charge in [0.25, 0.3) is 0 Å². The zero-order chi connectivity index (χ0) is 15.3. The quantitative estimate of drug-likeness (QED) is 0.460. The van der Waals surface area contributed by atoms with Crippen molar-refractivity contribution in [3.63, 3.8) is 0 Å². The Balaban J connectivity index is 2.54. The van der Waals surface area contributed by atoms with Crippen LogP contribution in [0.4, 0.5) is 0 Å². The summed E-state index contributed by atoms with van der Waals surface area (Å²) in [7, 11) is 0. The number of carbonyl (C=O) groups excluding carboxylic acids is 2. The largest absolute Gasteiger partial charge is 0.298 e. The molecule has 2 aliphatic rings. The summed E-state index contributed by atoms with van der Waals surface area (Å²) in [6.07, 6.45) is 4.79. The Hall–Kier alpha value is 0.330. The van der Waals surface area contributed by atoms with Crippen LogP contribution in [0.5, 0.6) is 0 Å². The Morgan fingerprint density at radius 1 is 1.35 bits per heavy atom. The fourth-order valence-corrected chi connectivity index (χ4v) is 4.87. The first-order valence-corrected chi connectivity index (χ1v) is 8.91. The van der Waals surface area contributed by atoms with Crippen molar-refractivity contribution in [3.8, 4) is 0 Å². The predicted octanol–water partition coefficient (Wildman–Crippen LogP) is 4.42. The summed E-state index contributed by atoms with van der Waals surface area (Å²) in [6, 6.07) is 0. The number of hydrogen-bond acceptors (Lipinski definition) is 2. The standard InChI is InChI=1S/C15H19Br2ClO2/c1-13(2)12(16)10(20)6-9(8-19)15(13)5-4-14(3,17)11(18)7-15/h6,8,11-12H,4-5,7H2,1-3H3/t11-,12+,14-,15-/m0/s1. The van der Waals surface area contributed by atoms with Gasteiger partial charge in [-0.1, -0.05) is 45.7 Å². The van der Waals surface area contributed by atoms with Crippen LogP contribution in [0.25, 0.3) is 0 Å². The maximum atomic E-state index is 12.1. The molecule has 112 valence electrons. The van der Waals surface area contributed by atoms with Gasteiger partial charge in [-0.2, -0.15) is 0 Å².